The highest BCUT2D eigenvalue weighted by Crippen LogP contribution is 2.37. The fourth-order valence-corrected chi connectivity index (χ4v) is 4.01. The van der Waals surface area contributed by atoms with Crippen LogP contribution in [0.2, 0.25) is 0 Å². The first-order valence-electron chi connectivity index (χ1n) is 6.00. The van der Waals surface area contributed by atoms with E-state index in [9.17, 15) is 9.82 Å². The minimum Gasteiger partial charge on any atom is -0.535 e. The van der Waals surface area contributed by atoms with Crippen molar-refractivity contribution < 1.29 is 19.6 Å². The van der Waals surface area contributed by atoms with Gasteiger partial charge < -0.3 is 20.5 Å². The molecule has 4 N–H and O–H groups in total. The summed E-state index contributed by atoms with van der Waals surface area (Å²) in [5.41, 5.74) is 6.32. The van der Waals surface area contributed by atoms with Crippen LogP contribution in [0, 0.1) is 0 Å². The van der Waals surface area contributed by atoms with Crippen LogP contribution >= 0.6 is 23.1 Å². The predicted octanol–water partition coefficient (Wildman–Crippen LogP) is 0.934. The Morgan fingerprint density at radius 1 is 1.52 bits per heavy atom. The number of anilines is 1. The first-order valence-corrected chi connectivity index (χ1v) is 7.70. The standard InChI is InChI=1S/C11H10BN3O4S2/c13-10-14-15-11(21-10)20-7-4-5-2-1-3-6(9(16)17)8(5)19-12(7)18/h1-3,7,18H,4H2,(H2,13,14)(H,16,17)/t7-/m0/s1. The Labute approximate surface area is 128 Å². The number of hydrogen-bond donors (Lipinski definition) is 3. The second-order valence-corrected chi connectivity index (χ2v) is 6.87. The Bertz CT molecular complexity index is 696. The molecule has 2 heterocycles. The number of aromatic nitrogens is 2. The van der Waals surface area contributed by atoms with Gasteiger partial charge in [-0.1, -0.05) is 35.2 Å². The minimum atomic E-state index is -1.12. The van der Waals surface area contributed by atoms with E-state index < -0.39 is 13.1 Å². The number of aromatic carboxylic acids is 1. The predicted molar refractivity (Wildman–Crippen MR) is 79.7 cm³/mol. The van der Waals surface area contributed by atoms with Crippen molar-refractivity contribution in [1.29, 1.82) is 0 Å². The third-order valence-electron chi connectivity index (χ3n) is 2.98. The minimum absolute atomic E-state index is 0.0511. The summed E-state index contributed by atoms with van der Waals surface area (Å²) in [6.07, 6.45) is 0.474. The SMILES string of the molecule is Nc1nnc(S[C@H]2Cc3cccc(C(=O)O)c3OB2O)s1. The molecule has 1 aliphatic rings. The molecule has 0 saturated heterocycles. The molecule has 0 amide bonds. The first-order chi connectivity index (χ1) is 10.0. The highest BCUT2D eigenvalue weighted by atomic mass is 32.2. The zero-order valence-electron chi connectivity index (χ0n) is 10.6. The van der Waals surface area contributed by atoms with E-state index >= 15 is 0 Å². The smallest absolute Gasteiger partial charge is 0.535 e. The summed E-state index contributed by atoms with van der Waals surface area (Å²) < 4.78 is 6.03. The number of carbonyl (C=O) groups is 1. The second kappa shape index (κ2) is 5.55. The van der Waals surface area contributed by atoms with Crippen LogP contribution in [-0.4, -0.2) is 38.6 Å². The van der Waals surface area contributed by atoms with Gasteiger partial charge in [-0.3, -0.25) is 0 Å². The van der Waals surface area contributed by atoms with Crippen LogP contribution in [0.3, 0.4) is 0 Å². The largest absolute Gasteiger partial charge is 0.537 e. The van der Waals surface area contributed by atoms with Crippen molar-refractivity contribution in [3.8, 4) is 5.75 Å². The van der Waals surface area contributed by atoms with Crippen molar-refractivity contribution in [3.63, 3.8) is 0 Å². The Balaban J connectivity index is 1.85. The van der Waals surface area contributed by atoms with Gasteiger partial charge in [-0.2, -0.15) is 0 Å². The van der Waals surface area contributed by atoms with E-state index in [4.69, 9.17) is 15.5 Å². The van der Waals surface area contributed by atoms with Crippen LogP contribution in [0.15, 0.2) is 22.5 Å². The molecule has 1 aromatic heterocycles. The van der Waals surface area contributed by atoms with Crippen LogP contribution < -0.4 is 10.4 Å². The number of nitrogens with two attached hydrogens (primary N) is 1. The molecule has 0 fully saturated rings. The van der Waals surface area contributed by atoms with Gasteiger partial charge in [0, 0.05) is 0 Å². The van der Waals surface area contributed by atoms with Crippen molar-refractivity contribution in [1.82, 2.24) is 10.2 Å². The van der Waals surface area contributed by atoms with E-state index in [-0.39, 0.29) is 16.5 Å². The zero-order chi connectivity index (χ0) is 15.0. The summed E-state index contributed by atoms with van der Waals surface area (Å²) in [5.74, 6) is -0.854. The highest BCUT2D eigenvalue weighted by molar-refractivity contribution is 8.02. The average Bonchev–Trinajstić information content (AvgIpc) is 2.84. The fourth-order valence-electron chi connectivity index (χ4n) is 2.06. The lowest BCUT2D eigenvalue weighted by molar-refractivity contribution is 0.0694. The molecule has 0 spiro atoms. The molecule has 21 heavy (non-hydrogen) atoms. The number of rotatable bonds is 3. The number of carboxylic acid groups (broad SMARTS) is 1. The molecule has 0 aliphatic carbocycles. The lowest BCUT2D eigenvalue weighted by atomic mass is 9.77. The van der Waals surface area contributed by atoms with Crippen LogP contribution in [0.4, 0.5) is 5.13 Å². The van der Waals surface area contributed by atoms with Crippen LogP contribution in [-0.2, 0) is 6.42 Å². The van der Waals surface area contributed by atoms with Gasteiger partial charge in [0.25, 0.3) is 0 Å². The van der Waals surface area contributed by atoms with Gasteiger partial charge in [0.1, 0.15) is 5.75 Å². The van der Waals surface area contributed by atoms with Crippen LogP contribution in [0.5, 0.6) is 5.75 Å². The van der Waals surface area contributed by atoms with Gasteiger partial charge >= 0.3 is 13.1 Å². The van der Waals surface area contributed by atoms with E-state index in [1.807, 2.05) is 0 Å². The molecule has 1 aliphatic heterocycles. The maximum Gasteiger partial charge on any atom is 0.537 e. The van der Waals surface area contributed by atoms with E-state index in [0.717, 1.165) is 5.56 Å². The number of para-hydroxylation sites is 1. The van der Waals surface area contributed by atoms with Gasteiger partial charge in [0.05, 0.1) is 10.7 Å². The van der Waals surface area contributed by atoms with Crippen LogP contribution in [0.25, 0.3) is 0 Å². The number of hydrogen-bond acceptors (Lipinski definition) is 8. The first kappa shape index (κ1) is 14.2. The molecule has 1 atom stereocenters. The normalized spacial score (nSPS) is 17.2. The topological polar surface area (TPSA) is 119 Å². The Kier molecular flexibility index (Phi) is 3.74. The number of carboxylic acids is 1. The third-order valence-corrected chi connectivity index (χ3v) is 5.05. The maximum atomic E-state index is 11.2. The maximum absolute atomic E-state index is 11.2. The molecule has 108 valence electrons. The quantitative estimate of drug-likeness (QED) is 0.714. The highest BCUT2D eigenvalue weighted by Gasteiger charge is 2.38. The van der Waals surface area contributed by atoms with Crippen molar-refractivity contribution in [2.75, 3.05) is 5.73 Å². The number of thioether (sulfide) groups is 1. The molecular formula is C11H10BN3O4S2. The molecule has 0 unspecified atom stereocenters. The van der Waals surface area contributed by atoms with E-state index in [0.29, 0.717) is 15.9 Å². The molecule has 0 radical (unpaired) electrons. The summed E-state index contributed by atoms with van der Waals surface area (Å²) >= 11 is 2.54. The molecule has 2 aromatic rings. The second-order valence-electron chi connectivity index (χ2n) is 4.37. The van der Waals surface area contributed by atoms with Gasteiger partial charge in [-0.05, 0) is 18.1 Å². The number of nitrogen functional groups attached to an aromatic ring is 1. The Morgan fingerprint density at radius 3 is 3.00 bits per heavy atom. The van der Waals surface area contributed by atoms with Gasteiger partial charge in [-0.15, -0.1) is 10.2 Å². The molecule has 1 aromatic carbocycles. The van der Waals surface area contributed by atoms with E-state index in [1.165, 1.54) is 29.2 Å². The van der Waals surface area contributed by atoms with E-state index in [1.54, 1.807) is 12.1 Å². The zero-order valence-corrected chi connectivity index (χ0v) is 12.2. The average molecular weight is 323 g/mol. The molecule has 3 rings (SSSR count). The fraction of sp³-hybridized carbons (Fsp3) is 0.182. The molecule has 0 bridgehead atoms. The van der Waals surface area contributed by atoms with Gasteiger partial charge in [0.15, 0.2) is 4.34 Å². The number of benzene rings is 1. The number of fused-ring (bicyclic) bond motifs is 1. The summed E-state index contributed by atoms with van der Waals surface area (Å²) in [6, 6.07) is 4.90. The van der Waals surface area contributed by atoms with Crippen molar-refractivity contribution in [2.24, 2.45) is 0 Å². The Hall–Kier alpha value is -1.78. The van der Waals surface area contributed by atoms with Crippen molar-refractivity contribution in [3.05, 3.63) is 29.3 Å². The third kappa shape index (κ3) is 2.82. The summed E-state index contributed by atoms with van der Waals surface area (Å²) in [5, 5.41) is 26.9. The monoisotopic (exact) mass is 323 g/mol. The molecular weight excluding hydrogens is 313 g/mol. The van der Waals surface area contributed by atoms with Crippen molar-refractivity contribution in [2.45, 2.75) is 15.9 Å². The molecule has 7 nitrogen and oxygen atoms in total. The van der Waals surface area contributed by atoms with Crippen LogP contribution in [0.1, 0.15) is 15.9 Å². The molecule has 10 heteroatoms. The van der Waals surface area contributed by atoms with Gasteiger partial charge in [0.2, 0.25) is 5.13 Å². The lowest BCUT2D eigenvalue weighted by Gasteiger charge is -2.27. The summed E-state index contributed by atoms with van der Waals surface area (Å²) in [6.45, 7) is 0. The molecule has 0 saturated carbocycles. The number of nitrogens with zero attached hydrogens (tertiary/aromatic N) is 2. The lowest BCUT2D eigenvalue weighted by Crippen LogP contribution is -2.40. The Morgan fingerprint density at radius 2 is 2.33 bits per heavy atom. The van der Waals surface area contributed by atoms with Gasteiger partial charge in [-0.25, -0.2) is 4.79 Å². The van der Waals surface area contributed by atoms with E-state index in [2.05, 4.69) is 10.2 Å². The summed E-state index contributed by atoms with van der Waals surface area (Å²) in [4.78, 5) is 11.2. The van der Waals surface area contributed by atoms with Crippen molar-refractivity contribution >= 4 is 41.3 Å². The summed E-state index contributed by atoms with van der Waals surface area (Å²) in [7, 11) is -1.12.